The predicted octanol–water partition coefficient (Wildman–Crippen LogP) is 3.21. The topological polar surface area (TPSA) is 93.7 Å². The highest BCUT2D eigenvalue weighted by Gasteiger charge is 2.42. The molecule has 14 heteroatoms. The third-order valence-corrected chi connectivity index (χ3v) is 5.26. The van der Waals surface area contributed by atoms with E-state index in [2.05, 4.69) is 4.74 Å². The van der Waals surface area contributed by atoms with Crippen molar-refractivity contribution in [3.8, 4) is 11.5 Å². The number of amides is 1. The van der Waals surface area contributed by atoms with Gasteiger partial charge in [0.05, 0.1) is 5.02 Å². The van der Waals surface area contributed by atoms with Gasteiger partial charge in [0.15, 0.2) is 0 Å². The number of benzene rings is 1. The van der Waals surface area contributed by atoms with E-state index in [9.17, 15) is 30.8 Å². The third kappa shape index (κ3) is 6.76. The molecule has 0 radical (unpaired) electrons. The Hall–Kier alpha value is -2.02. The first-order valence-corrected chi connectivity index (χ1v) is 10.2. The third-order valence-electron chi connectivity index (χ3n) is 3.62. The standard InChI is InChI=1S/C16H14Cl2F4N2O5S/c1-23-30(26,27)24-14(25)11-4-2-9(7-15(11,18)19)8-28-10-3-5-13(12(17)6-10)29-16(20,21)22/h2-7,11,23H,8H2,1H3,(H,24,25). The van der Waals surface area contributed by atoms with Crippen LogP contribution < -0.4 is 18.9 Å². The largest absolute Gasteiger partial charge is 0.573 e. The Morgan fingerprint density at radius 1 is 1.33 bits per heavy atom. The maximum Gasteiger partial charge on any atom is 0.573 e. The van der Waals surface area contributed by atoms with Crippen molar-refractivity contribution in [2.45, 2.75) is 11.5 Å². The molecular weight excluding hydrogens is 479 g/mol. The van der Waals surface area contributed by atoms with E-state index in [1.165, 1.54) is 6.08 Å². The lowest BCUT2D eigenvalue weighted by molar-refractivity contribution is -0.274. The summed E-state index contributed by atoms with van der Waals surface area (Å²) in [5.74, 6) is -3.40. The Kier molecular flexibility index (Phi) is 7.28. The minimum Gasteiger partial charge on any atom is -0.489 e. The van der Waals surface area contributed by atoms with E-state index < -0.39 is 39.3 Å². The molecule has 1 aliphatic rings. The maximum atomic E-state index is 14.7. The van der Waals surface area contributed by atoms with Gasteiger partial charge in [-0.05, 0) is 23.8 Å². The molecule has 2 atom stereocenters. The summed E-state index contributed by atoms with van der Waals surface area (Å²) in [7, 11) is -3.09. The Morgan fingerprint density at radius 3 is 2.53 bits per heavy atom. The van der Waals surface area contributed by atoms with E-state index in [0.717, 1.165) is 37.4 Å². The zero-order chi connectivity index (χ0) is 22.7. The van der Waals surface area contributed by atoms with E-state index >= 15 is 0 Å². The molecule has 1 aromatic carbocycles. The van der Waals surface area contributed by atoms with Crippen LogP contribution in [0.15, 0.2) is 42.0 Å². The van der Waals surface area contributed by atoms with Crippen molar-refractivity contribution >= 4 is 39.3 Å². The maximum absolute atomic E-state index is 14.7. The second-order valence-electron chi connectivity index (χ2n) is 5.83. The Bertz CT molecular complexity index is 980. The van der Waals surface area contributed by atoms with Crippen LogP contribution in [0.4, 0.5) is 17.6 Å². The van der Waals surface area contributed by atoms with Crippen molar-refractivity contribution in [1.29, 1.82) is 0 Å². The number of hydrogen-bond donors (Lipinski definition) is 2. The fourth-order valence-electron chi connectivity index (χ4n) is 2.28. The summed E-state index contributed by atoms with van der Waals surface area (Å²) in [6.45, 7) is -0.270. The molecule has 2 unspecified atom stereocenters. The van der Waals surface area contributed by atoms with Crippen LogP contribution in [0, 0.1) is 5.92 Å². The molecule has 0 aliphatic heterocycles. The molecule has 0 aromatic heterocycles. The molecule has 0 bridgehead atoms. The van der Waals surface area contributed by atoms with Crippen molar-refractivity contribution in [3.05, 3.63) is 47.0 Å². The molecule has 1 aliphatic carbocycles. The fraction of sp³-hybridized carbons (Fsp3) is 0.312. The zero-order valence-corrected chi connectivity index (χ0v) is 17.3. The van der Waals surface area contributed by atoms with Gasteiger partial charge in [-0.25, -0.2) is 13.8 Å². The van der Waals surface area contributed by atoms with Crippen LogP contribution in [0.1, 0.15) is 0 Å². The van der Waals surface area contributed by atoms with Crippen molar-refractivity contribution < 1.29 is 40.2 Å². The van der Waals surface area contributed by atoms with Crippen molar-refractivity contribution in [2.24, 2.45) is 5.92 Å². The first-order valence-electron chi connectivity index (χ1n) is 7.93. The predicted molar refractivity (Wildman–Crippen MR) is 100 cm³/mol. The molecule has 1 aromatic rings. The second kappa shape index (κ2) is 9.00. The number of halogens is 6. The van der Waals surface area contributed by atoms with Gasteiger partial charge in [-0.3, -0.25) is 4.79 Å². The van der Waals surface area contributed by atoms with Crippen molar-refractivity contribution in [2.75, 3.05) is 13.7 Å². The quantitative estimate of drug-likeness (QED) is 0.450. The number of ether oxygens (including phenoxy) is 2. The van der Waals surface area contributed by atoms with Gasteiger partial charge >= 0.3 is 16.6 Å². The summed E-state index contributed by atoms with van der Waals surface area (Å²) in [5.41, 5.74) is 0.180. The molecule has 30 heavy (non-hydrogen) atoms. The highest BCUT2D eigenvalue weighted by molar-refractivity contribution is 7.88. The number of hydrogen-bond acceptors (Lipinski definition) is 5. The van der Waals surface area contributed by atoms with Crippen LogP contribution in [0.2, 0.25) is 5.02 Å². The van der Waals surface area contributed by atoms with Gasteiger partial charge in [0.1, 0.15) is 24.0 Å². The second-order valence-corrected chi connectivity index (χ2v) is 8.44. The lowest BCUT2D eigenvalue weighted by atomic mass is 9.94. The van der Waals surface area contributed by atoms with E-state index in [4.69, 9.17) is 27.9 Å². The Labute approximate surface area is 178 Å². The molecule has 2 rings (SSSR count). The average Bonchev–Trinajstić information content (AvgIpc) is 2.59. The number of alkyl halides is 5. The summed E-state index contributed by atoms with van der Waals surface area (Å²) in [6.07, 6.45) is -1.71. The minimum atomic E-state index is -4.91. The van der Waals surface area contributed by atoms with E-state index in [1.807, 2.05) is 4.72 Å². The van der Waals surface area contributed by atoms with Crippen LogP contribution in [-0.2, 0) is 15.0 Å². The molecule has 7 nitrogen and oxygen atoms in total. The van der Waals surface area contributed by atoms with E-state index in [1.54, 1.807) is 4.72 Å². The first kappa shape index (κ1) is 24.3. The summed E-state index contributed by atoms with van der Waals surface area (Å²) >= 11 is 11.4. The number of nitrogens with one attached hydrogen (secondary N) is 2. The fourth-order valence-corrected chi connectivity index (χ4v) is 3.29. The number of carbonyl (C=O) groups is 1. The van der Waals surface area contributed by atoms with Gasteiger partial charge in [-0.15, -0.1) is 13.2 Å². The summed E-state index contributed by atoms with van der Waals surface area (Å²) in [5, 5.41) is -3.11. The van der Waals surface area contributed by atoms with Crippen LogP contribution in [-0.4, -0.2) is 39.5 Å². The molecule has 2 N–H and O–H groups in total. The van der Waals surface area contributed by atoms with Gasteiger partial charge in [-0.2, -0.15) is 8.42 Å². The molecule has 0 saturated carbocycles. The molecular formula is C16H14Cl2F4N2O5S. The Balaban J connectivity index is 2.04. The highest BCUT2D eigenvalue weighted by Crippen LogP contribution is 2.36. The van der Waals surface area contributed by atoms with Gasteiger partial charge in [0, 0.05) is 13.1 Å². The molecule has 1 amide bonds. The van der Waals surface area contributed by atoms with Gasteiger partial charge in [-0.1, -0.05) is 35.4 Å². The van der Waals surface area contributed by atoms with Crippen LogP contribution in [0.3, 0.4) is 0 Å². The molecule has 0 fully saturated rings. The number of rotatable bonds is 7. The van der Waals surface area contributed by atoms with Gasteiger partial charge in [0.2, 0.25) is 11.0 Å². The van der Waals surface area contributed by atoms with Crippen LogP contribution in [0.5, 0.6) is 11.5 Å². The minimum absolute atomic E-state index is 0.0582. The normalized spacial score (nSPS) is 21.7. The zero-order valence-electron chi connectivity index (χ0n) is 15.0. The lowest BCUT2D eigenvalue weighted by Crippen LogP contribution is -2.46. The monoisotopic (exact) mass is 492 g/mol. The highest BCUT2D eigenvalue weighted by atomic mass is 35.5. The molecule has 166 valence electrons. The van der Waals surface area contributed by atoms with E-state index in [-0.39, 0.29) is 23.0 Å². The van der Waals surface area contributed by atoms with Crippen LogP contribution in [0.25, 0.3) is 0 Å². The summed E-state index contributed by atoms with van der Waals surface area (Å²) in [6, 6.07) is 3.17. The molecule has 0 saturated heterocycles. The Morgan fingerprint density at radius 2 is 2.00 bits per heavy atom. The molecule has 0 heterocycles. The average molecular weight is 493 g/mol. The lowest BCUT2D eigenvalue weighted by Gasteiger charge is -2.26. The van der Waals surface area contributed by atoms with Crippen molar-refractivity contribution in [3.63, 3.8) is 0 Å². The van der Waals surface area contributed by atoms with Gasteiger partial charge < -0.3 is 9.47 Å². The number of carbonyl (C=O) groups excluding carboxylic acids is 1. The number of allylic oxidation sites excluding steroid dienone is 1. The first-order chi connectivity index (χ1) is 13.7. The summed E-state index contributed by atoms with van der Waals surface area (Å²) in [4.78, 5) is 12.0. The van der Waals surface area contributed by atoms with E-state index in [0.29, 0.717) is 0 Å². The van der Waals surface area contributed by atoms with Gasteiger partial charge in [0.25, 0.3) is 0 Å². The summed E-state index contributed by atoms with van der Waals surface area (Å²) < 4.78 is 86.6. The van der Waals surface area contributed by atoms with Crippen LogP contribution >= 0.6 is 23.2 Å². The smallest absolute Gasteiger partial charge is 0.489 e. The SMILES string of the molecule is CNS(=O)(=O)NC(=O)C1C=CC(COc2ccc(OC(F)(F)F)c(Cl)c2)=CC1(F)Cl. The molecule has 0 spiro atoms. The van der Waals surface area contributed by atoms with Crippen molar-refractivity contribution in [1.82, 2.24) is 9.44 Å².